The van der Waals surface area contributed by atoms with Gasteiger partial charge in [-0.2, -0.15) is 16.3 Å². The number of nitrogens with one attached hydrogen (secondary N) is 1. The standard InChI is InChI=1S/C18H16ClN3O4S/c1-11-2-3-13(8-14(11)19)20-15(23)9-25-17(24)5-4-16-21-18(22-26-16)12-6-7-27-10-12/h2-3,6-8,10H,4-5,9H2,1H3,(H,20,23). The van der Waals surface area contributed by atoms with E-state index in [2.05, 4.69) is 15.5 Å². The average Bonchev–Trinajstić information content (AvgIpc) is 3.32. The number of hydrogen-bond donors (Lipinski definition) is 1. The lowest BCUT2D eigenvalue weighted by molar-refractivity contribution is -0.147. The number of anilines is 1. The third-order valence-electron chi connectivity index (χ3n) is 3.61. The van der Waals surface area contributed by atoms with Gasteiger partial charge in [-0.3, -0.25) is 9.59 Å². The molecule has 9 heteroatoms. The molecule has 0 aliphatic heterocycles. The van der Waals surface area contributed by atoms with E-state index in [0.29, 0.717) is 22.4 Å². The van der Waals surface area contributed by atoms with Gasteiger partial charge in [0.25, 0.3) is 5.91 Å². The fourth-order valence-electron chi connectivity index (χ4n) is 2.16. The van der Waals surface area contributed by atoms with Gasteiger partial charge in [-0.15, -0.1) is 0 Å². The number of aryl methyl sites for hydroxylation is 2. The Balaban J connectivity index is 1.41. The topological polar surface area (TPSA) is 94.3 Å². The molecule has 2 aromatic heterocycles. The van der Waals surface area contributed by atoms with E-state index in [1.807, 2.05) is 23.8 Å². The predicted molar refractivity (Wildman–Crippen MR) is 102 cm³/mol. The average molecular weight is 406 g/mol. The lowest BCUT2D eigenvalue weighted by Gasteiger charge is -2.07. The van der Waals surface area contributed by atoms with Crippen LogP contribution in [0.5, 0.6) is 0 Å². The minimum absolute atomic E-state index is 0.0366. The highest BCUT2D eigenvalue weighted by atomic mass is 35.5. The number of benzene rings is 1. The summed E-state index contributed by atoms with van der Waals surface area (Å²) in [6.45, 7) is 1.48. The van der Waals surface area contributed by atoms with Gasteiger partial charge >= 0.3 is 5.97 Å². The molecule has 3 aromatic rings. The third-order valence-corrected chi connectivity index (χ3v) is 4.70. The number of rotatable bonds is 7. The molecule has 1 amide bonds. The second kappa shape index (κ2) is 8.79. The SMILES string of the molecule is Cc1ccc(NC(=O)COC(=O)CCc2nc(-c3ccsc3)no2)cc1Cl. The van der Waals surface area contributed by atoms with E-state index in [4.69, 9.17) is 20.9 Å². The van der Waals surface area contributed by atoms with Crippen LogP contribution in [0.2, 0.25) is 5.02 Å². The van der Waals surface area contributed by atoms with E-state index in [9.17, 15) is 9.59 Å². The number of carbonyl (C=O) groups excluding carboxylic acids is 2. The maximum atomic E-state index is 11.9. The quantitative estimate of drug-likeness (QED) is 0.599. The van der Waals surface area contributed by atoms with E-state index >= 15 is 0 Å². The Hall–Kier alpha value is -2.71. The molecule has 0 fully saturated rings. The lowest BCUT2D eigenvalue weighted by atomic mass is 10.2. The number of nitrogens with zero attached hydrogens (tertiary/aromatic N) is 2. The van der Waals surface area contributed by atoms with Crippen molar-refractivity contribution in [2.75, 3.05) is 11.9 Å². The molecule has 140 valence electrons. The Labute approximate surface area is 164 Å². The molecule has 27 heavy (non-hydrogen) atoms. The van der Waals surface area contributed by atoms with E-state index in [1.54, 1.807) is 18.2 Å². The first-order chi connectivity index (χ1) is 13.0. The monoisotopic (exact) mass is 405 g/mol. The minimum Gasteiger partial charge on any atom is -0.456 e. The van der Waals surface area contributed by atoms with Crippen LogP contribution in [0.3, 0.4) is 0 Å². The molecule has 7 nitrogen and oxygen atoms in total. The van der Waals surface area contributed by atoms with Crippen LogP contribution >= 0.6 is 22.9 Å². The summed E-state index contributed by atoms with van der Waals surface area (Å²) in [4.78, 5) is 27.9. The van der Waals surface area contributed by atoms with Gasteiger partial charge in [-0.05, 0) is 36.1 Å². The highest BCUT2D eigenvalue weighted by molar-refractivity contribution is 7.08. The maximum Gasteiger partial charge on any atom is 0.306 e. The van der Waals surface area contributed by atoms with Gasteiger partial charge in [0.05, 0.1) is 6.42 Å². The Morgan fingerprint density at radius 1 is 1.33 bits per heavy atom. The molecule has 0 aliphatic carbocycles. The molecule has 2 heterocycles. The molecule has 3 rings (SSSR count). The van der Waals surface area contributed by atoms with Gasteiger partial charge in [0, 0.05) is 28.1 Å². The number of carbonyl (C=O) groups is 2. The summed E-state index contributed by atoms with van der Waals surface area (Å²) in [7, 11) is 0. The van der Waals surface area contributed by atoms with Crippen molar-refractivity contribution in [3.8, 4) is 11.4 Å². The highest BCUT2D eigenvalue weighted by Crippen LogP contribution is 2.20. The van der Waals surface area contributed by atoms with Gasteiger partial charge in [-0.25, -0.2) is 0 Å². The number of halogens is 1. The van der Waals surface area contributed by atoms with Crippen LogP contribution < -0.4 is 5.32 Å². The second-order valence-electron chi connectivity index (χ2n) is 5.70. The van der Waals surface area contributed by atoms with Crippen molar-refractivity contribution in [3.63, 3.8) is 0 Å². The predicted octanol–water partition coefficient (Wildman–Crippen LogP) is 3.87. The molecule has 0 spiro atoms. The van der Waals surface area contributed by atoms with Crippen molar-refractivity contribution in [2.24, 2.45) is 0 Å². The fraction of sp³-hybridized carbons (Fsp3) is 0.222. The molecular formula is C18H16ClN3O4S. The molecule has 0 unspecified atom stereocenters. The highest BCUT2D eigenvalue weighted by Gasteiger charge is 2.13. The summed E-state index contributed by atoms with van der Waals surface area (Å²) in [5, 5.41) is 10.8. The van der Waals surface area contributed by atoms with Crippen molar-refractivity contribution in [2.45, 2.75) is 19.8 Å². The first-order valence-electron chi connectivity index (χ1n) is 8.08. The van der Waals surface area contributed by atoms with Gasteiger partial charge in [0.15, 0.2) is 6.61 Å². The molecule has 1 N–H and O–H groups in total. The van der Waals surface area contributed by atoms with Crippen LogP contribution in [0, 0.1) is 6.92 Å². The van der Waals surface area contributed by atoms with Crippen molar-refractivity contribution < 1.29 is 18.8 Å². The summed E-state index contributed by atoms with van der Waals surface area (Å²) in [5.74, 6) is -0.147. The summed E-state index contributed by atoms with van der Waals surface area (Å²) in [6, 6.07) is 7.03. The molecule has 0 atom stereocenters. The Morgan fingerprint density at radius 3 is 2.93 bits per heavy atom. The van der Waals surface area contributed by atoms with Crippen molar-refractivity contribution in [1.82, 2.24) is 10.1 Å². The van der Waals surface area contributed by atoms with Gasteiger partial charge in [-0.1, -0.05) is 22.8 Å². The molecule has 0 radical (unpaired) electrons. The van der Waals surface area contributed by atoms with Gasteiger partial charge < -0.3 is 14.6 Å². The number of thiophene rings is 1. The zero-order valence-corrected chi connectivity index (χ0v) is 16.0. The van der Waals surface area contributed by atoms with E-state index in [-0.39, 0.29) is 19.4 Å². The normalized spacial score (nSPS) is 10.6. The smallest absolute Gasteiger partial charge is 0.306 e. The molecule has 0 saturated heterocycles. The van der Waals surface area contributed by atoms with Crippen LogP contribution in [-0.2, 0) is 20.7 Å². The number of ether oxygens (including phenoxy) is 1. The molecule has 0 saturated carbocycles. The Morgan fingerprint density at radius 2 is 2.19 bits per heavy atom. The molecule has 0 bridgehead atoms. The van der Waals surface area contributed by atoms with E-state index in [1.165, 1.54) is 11.3 Å². The van der Waals surface area contributed by atoms with Gasteiger partial charge in [0.2, 0.25) is 11.7 Å². The third kappa shape index (κ3) is 5.38. The summed E-state index contributed by atoms with van der Waals surface area (Å²) in [6.07, 6.45) is 0.278. The summed E-state index contributed by atoms with van der Waals surface area (Å²) >= 11 is 7.53. The van der Waals surface area contributed by atoms with Crippen molar-refractivity contribution in [1.29, 1.82) is 0 Å². The van der Waals surface area contributed by atoms with E-state index < -0.39 is 11.9 Å². The molecule has 0 aliphatic rings. The zero-order chi connectivity index (χ0) is 19.2. The zero-order valence-electron chi connectivity index (χ0n) is 14.4. The minimum atomic E-state index is -0.526. The number of amides is 1. The number of esters is 1. The Kier molecular flexibility index (Phi) is 6.20. The van der Waals surface area contributed by atoms with Crippen LogP contribution in [-0.4, -0.2) is 28.6 Å². The molecule has 1 aromatic carbocycles. The summed E-state index contributed by atoms with van der Waals surface area (Å²) in [5.41, 5.74) is 2.31. The van der Waals surface area contributed by atoms with Crippen LogP contribution in [0.15, 0.2) is 39.5 Å². The maximum absolute atomic E-state index is 11.9. The lowest BCUT2D eigenvalue weighted by Crippen LogP contribution is -2.21. The number of hydrogen-bond acceptors (Lipinski definition) is 7. The van der Waals surface area contributed by atoms with Crippen LogP contribution in [0.1, 0.15) is 17.9 Å². The first-order valence-corrected chi connectivity index (χ1v) is 9.40. The van der Waals surface area contributed by atoms with Crippen LogP contribution in [0.25, 0.3) is 11.4 Å². The largest absolute Gasteiger partial charge is 0.456 e. The molecular weight excluding hydrogens is 390 g/mol. The summed E-state index contributed by atoms with van der Waals surface area (Å²) < 4.78 is 10.1. The van der Waals surface area contributed by atoms with Crippen molar-refractivity contribution in [3.05, 3.63) is 51.5 Å². The van der Waals surface area contributed by atoms with E-state index in [0.717, 1.165) is 11.1 Å². The van der Waals surface area contributed by atoms with Crippen LogP contribution in [0.4, 0.5) is 5.69 Å². The Bertz CT molecular complexity index is 940. The van der Waals surface area contributed by atoms with Crippen molar-refractivity contribution >= 4 is 40.5 Å². The van der Waals surface area contributed by atoms with Gasteiger partial charge in [0.1, 0.15) is 0 Å². The second-order valence-corrected chi connectivity index (χ2v) is 6.88. The first kappa shape index (κ1) is 19.1. The fourth-order valence-corrected chi connectivity index (χ4v) is 2.98. The number of aromatic nitrogens is 2.